The second-order valence-electron chi connectivity index (χ2n) is 13.8. The van der Waals surface area contributed by atoms with Crippen LogP contribution in [-0.4, -0.2) is 62.4 Å². The normalized spacial score (nSPS) is 18.5. The molecule has 3 aromatic rings. The molecule has 3 aliphatic rings. The Morgan fingerprint density at radius 1 is 1.04 bits per heavy atom. The lowest BCUT2D eigenvalue weighted by Gasteiger charge is -2.35. The van der Waals surface area contributed by atoms with Gasteiger partial charge in [-0.1, -0.05) is 48.5 Å². The van der Waals surface area contributed by atoms with Crippen LogP contribution in [0, 0.1) is 20.8 Å². The highest BCUT2D eigenvalue weighted by Crippen LogP contribution is 2.45. The quantitative estimate of drug-likeness (QED) is 0.230. The number of hydrogen-bond donors (Lipinski definition) is 4. The molecular formula is C37H44N4O7S. The van der Waals surface area contributed by atoms with Crippen molar-refractivity contribution in [3.63, 3.8) is 0 Å². The van der Waals surface area contributed by atoms with Crippen molar-refractivity contribution >= 4 is 28.0 Å². The zero-order chi connectivity index (χ0) is 35.1. The van der Waals surface area contributed by atoms with E-state index in [1.807, 2.05) is 76.2 Å². The molecule has 260 valence electrons. The summed E-state index contributed by atoms with van der Waals surface area (Å²) in [5.74, 6) is -0.454. The molecule has 2 aliphatic heterocycles. The molecule has 1 amide bonds. The molecule has 0 radical (unpaired) electrons. The summed E-state index contributed by atoms with van der Waals surface area (Å²) in [7, 11) is -4.01. The number of carbonyl (C=O) groups is 2. The number of carboxylic acid groups (broad SMARTS) is 1. The third kappa shape index (κ3) is 6.96. The summed E-state index contributed by atoms with van der Waals surface area (Å²) in [5, 5.41) is 15.5. The minimum atomic E-state index is -4.01. The summed E-state index contributed by atoms with van der Waals surface area (Å²) in [5.41, 5.74) is 6.99. The molecule has 0 aromatic heterocycles. The fourth-order valence-electron chi connectivity index (χ4n) is 7.26. The van der Waals surface area contributed by atoms with Crippen molar-refractivity contribution in [1.29, 1.82) is 0 Å². The lowest BCUT2D eigenvalue weighted by atomic mass is 9.88. The molecule has 12 heteroatoms. The number of nitrogens with zero attached hydrogens (tertiary/aromatic N) is 1. The van der Waals surface area contributed by atoms with Gasteiger partial charge in [0.1, 0.15) is 24.0 Å². The molecule has 0 saturated heterocycles. The fourth-order valence-corrected chi connectivity index (χ4v) is 8.82. The van der Waals surface area contributed by atoms with Gasteiger partial charge in [-0.2, -0.15) is 0 Å². The van der Waals surface area contributed by atoms with Gasteiger partial charge in [0.25, 0.3) is 10.0 Å². The van der Waals surface area contributed by atoms with Crippen molar-refractivity contribution in [3.05, 3.63) is 81.9 Å². The average Bonchev–Trinajstić information content (AvgIpc) is 3.37. The van der Waals surface area contributed by atoms with Gasteiger partial charge in [-0.15, -0.1) is 0 Å². The van der Waals surface area contributed by atoms with Gasteiger partial charge in [-0.25, -0.2) is 22.7 Å². The molecule has 0 fully saturated rings. The second kappa shape index (κ2) is 13.4. The average molecular weight is 689 g/mol. The number of hydrogen-bond acceptors (Lipinski definition) is 8. The van der Waals surface area contributed by atoms with E-state index in [9.17, 15) is 23.1 Å². The summed E-state index contributed by atoms with van der Waals surface area (Å²) in [4.78, 5) is 29.5. The molecule has 49 heavy (non-hydrogen) atoms. The third-order valence-corrected chi connectivity index (χ3v) is 11.6. The minimum Gasteiger partial charge on any atom is -0.487 e. The Morgan fingerprint density at radius 2 is 1.69 bits per heavy atom. The molecule has 2 heterocycles. The van der Waals surface area contributed by atoms with Gasteiger partial charge < -0.3 is 25.2 Å². The lowest BCUT2D eigenvalue weighted by molar-refractivity contribution is -0.139. The summed E-state index contributed by atoms with van der Waals surface area (Å²) in [6.07, 6.45) is 1.72. The van der Waals surface area contributed by atoms with Crippen LogP contribution in [0.15, 0.2) is 58.4 Å². The first kappa shape index (κ1) is 34.3. The van der Waals surface area contributed by atoms with Gasteiger partial charge >= 0.3 is 12.1 Å². The standard InChI is InChI=1S/C37H44N4O7S/c1-21-22(2)33(23(3)25-16-18-37(4,5)48-32(21)25)49(45,46)41-35-38-19-17-24(39-35)14-15-31(34(42)43)40-36(44)47-20-30-28-12-8-6-10-26(28)27-11-7-9-13-29(27)30/h6-13,24,30-31H,14-20H2,1-5H3,(H,40,44)(H,42,43)(H2,38,39,41)/t24?,31-/m0/s1. The van der Waals surface area contributed by atoms with Crippen molar-refractivity contribution in [2.45, 2.75) is 95.2 Å². The zero-order valence-electron chi connectivity index (χ0n) is 28.6. The van der Waals surface area contributed by atoms with Crippen molar-refractivity contribution in [2.24, 2.45) is 4.99 Å². The van der Waals surface area contributed by atoms with Crippen LogP contribution < -0.4 is 20.1 Å². The molecule has 3 aromatic carbocycles. The molecule has 11 nitrogen and oxygen atoms in total. The number of rotatable bonds is 9. The maximum atomic E-state index is 13.8. The van der Waals surface area contributed by atoms with E-state index < -0.39 is 28.1 Å². The minimum absolute atomic E-state index is 0.0735. The highest BCUT2D eigenvalue weighted by molar-refractivity contribution is 7.90. The van der Waals surface area contributed by atoms with E-state index in [-0.39, 0.29) is 41.4 Å². The smallest absolute Gasteiger partial charge is 0.407 e. The van der Waals surface area contributed by atoms with Crippen molar-refractivity contribution in [3.8, 4) is 16.9 Å². The number of aliphatic imine (C=N–C) groups is 1. The molecule has 6 rings (SSSR count). The Bertz CT molecular complexity index is 1890. The largest absolute Gasteiger partial charge is 0.487 e. The van der Waals surface area contributed by atoms with E-state index in [2.05, 4.69) is 20.3 Å². The second-order valence-corrected chi connectivity index (χ2v) is 15.4. The SMILES string of the molecule is Cc1c(C)c(S(=O)(=O)NC2=NCCC(CC[C@H](NC(=O)OCC3c4ccccc4-c4ccccc43)C(=O)O)N2)c(C)c2c1OC(C)(C)CC2. The van der Waals surface area contributed by atoms with Gasteiger partial charge in [0.15, 0.2) is 0 Å². The molecule has 0 saturated carbocycles. The van der Waals surface area contributed by atoms with Crippen LogP contribution in [0.3, 0.4) is 0 Å². The Labute approximate surface area is 287 Å². The van der Waals surface area contributed by atoms with Gasteiger partial charge in [-0.05, 0) is 111 Å². The Morgan fingerprint density at radius 3 is 2.35 bits per heavy atom. The number of ether oxygens (including phenoxy) is 2. The number of amides is 1. The van der Waals surface area contributed by atoms with Crippen LogP contribution in [0.4, 0.5) is 4.79 Å². The van der Waals surface area contributed by atoms with E-state index in [1.54, 1.807) is 6.92 Å². The van der Waals surface area contributed by atoms with Crippen LogP contribution in [-0.2, 0) is 26.0 Å². The summed E-state index contributed by atoms with van der Waals surface area (Å²) in [6.45, 7) is 9.99. The predicted octanol–water partition coefficient (Wildman–Crippen LogP) is 5.48. The van der Waals surface area contributed by atoms with Gasteiger partial charge in [-0.3, -0.25) is 4.99 Å². The highest BCUT2D eigenvalue weighted by atomic mass is 32.2. The summed E-state index contributed by atoms with van der Waals surface area (Å²) >= 11 is 0. The van der Waals surface area contributed by atoms with Gasteiger partial charge in [0, 0.05) is 18.5 Å². The van der Waals surface area contributed by atoms with Crippen LogP contribution >= 0.6 is 0 Å². The molecule has 0 spiro atoms. The van der Waals surface area contributed by atoms with Crippen molar-refractivity contribution in [1.82, 2.24) is 15.4 Å². The van der Waals surface area contributed by atoms with E-state index in [0.717, 1.165) is 45.6 Å². The third-order valence-electron chi connectivity index (χ3n) is 9.99. The van der Waals surface area contributed by atoms with Crippen LogP contribution in [0.1, 0.15) is 78.8 Å². The first-order valence-electron chi connectivity index (χ1n) is 16.8. The number of guanidine groups is 1. The van der Waals surface area contributed by atoms with E-state index >= 15 is 0 Å². The predicted molar refractivity (Wildman–Crippen MR) is 187 cm³/mol. The van der Waals surface area contributed by atoms with Gasteiger partial charge in [0.2, 0.25) is 5.96 Å². The Balaban J connectivity index is 1.06. The number of alkyl carbamates (subject to hydrolysis) is 1. The van der Waals surface area contributed by atoms with Crippen LogP contribution in [0.25, 0.3) is 11.1 Å². The number of nitrogens with one attached hydrogen (secondary N) is 3. The molecule has 1 unspecified atom stereocenters. The molecule has 2 atom stereocenters. The molecular weight excluding hydrogens is 644 g/mol. The fraction of sp³-hybridized carbons (Fsp3) is 0.432. The summed E-state index contributed by atoms with van der Waals surface area (Å²) in [6, 6.07) is 14.5. The highest BCUT2D eigenvalue weighted by Gasteiger charge is 2.35. The first-order chi connectivity index (χ1) is 23.3. The van der Waals surface area contributed by atoms with Crippen molar-refractivity contribution < 1.29 is 32.6 Å². The lowest BCUT2D eigenvalue weighted by Crippen LogP contribution is -2.49. The monoisotopic (exact) mass is 688 g/mol. The van der Waals surface area contributed by atoms with E-state index in [4.69, 9.17) is 9.47 Å². The number of fused-ring (bicyclic) bond motifs is 4. The Hall–Kier alpha value is -4.58. The molecule has 0 bridgehead atoms. The maximum absolute atomic E-state index is 13.8. The number of benzene rings is 3. The van der Waals surface area contributed by atoms with Crippen LogP contribution in [0.5, 0.6) is 5.75 Å². The number of aliphatic carboxylic acids is 1. The number of carboxylic acids is 1. The summed E-state index contributed by atoms with van der Waals surface area (Å²) < 4.78 is 42.0. The van der Waals surface area contributed by atoms with E-state index in [0.29, 0.717) is 36.9 Å². The molecule has 1 aliphatic carbocycles. The topological polar surface area (TPSA) is 155 Å². The first-order valence-corrected chi connectivity index (χ1v) is 18.2. The van der Waals surface area contributed by atoms with Crippen molar-refractivity contribution in [2.75, 3.05) is 13.2 Å². The Kier molecular flexibility index (Phi) is 9.36. The van der Waals surface area contributed by atoms with E-state index in [1.165, 1.54) is 0 Å². The molecule has 4 N–H and O–H groups in total. The van der Waals surface area contributed by atoms with Gasteiger partial charge in [0.05, 0.1) is 4.90 Å². The number of sulfonamides is 1. The zero-order valence-corrected chi connectivity index (χ0v) is 29.4. The maximum Gasteiger partial charge on any atom is 0.407 e. The number of carbonyl (C=O) groups excluding carboxylic acids is 1. The van der Waals surface area contributed by atoms with Crippen LogP contribution in [0.2, 0.25) is 0 Å².